The molecule has 78 valence electrons. The smallest absolute Gasteiger partial charge is 0.335 e. The molecular formula is C9H7NO5. The number of phenolic OH excluding ortho intramolecular Hbond substituents is 1. The Labute approximate surface area is 84.2 Å². The van der Waals surface area contributed by atoms with Gasteiger partial charge in [-0.25, -0.2) is 4.79 Å². The highest BCUT2D eigenvalue weighted by Crippen LogP contribution is 2.28. The number of benzene rings is 1. The third-order valence-corrected chi connectivity index (χ3v) is 1.78. The average Bonchev–Trinajstić information content (AvgIpc) is 2.16. The molecule has 0 radical (unpaired) electrons. The van der Waals surface area contributed by atoms with Crippen molar-refractivity contribution in [2.24, 2.45) is 0 Å². The summed E-state index contributed by atoms with van der Waals surface area (Å²) in [4.78, 5) is 20.2. The van der Waals surface area contributed by atoms with Gasteiger partial charge in [-0.15, -0.1) is 0 Å². The zero-order valence-electron chi connectivity index (χ0n) is 7.51. The Hall–Kier alpha value is -2.37. The molecule has 0 aliphatic heterocycles. The van der Waals surface area contributed by atoms with Crippen LogP contribution in [0.25, 0.3) is 5.57 Å². The SMILES string of the molecule is C=C(C(=O)O)c1ccc(O)c([N+](=O)[O-])c1. The largest absolute Gasteiger partial charge is 0.502 e. The molecule has 0 aliphatic rings. The van der Waals surface area contributed by atoms with Gasteiger partial charge in [-0.3, -0.25) is 10.1 Å². The topological polar surface area (TPSA) is 101 Å². The summed E-state index contributed by atoms with van der Waals surface area (Å²) in [5.41, 5.74) is -0.722. The summed E-state index contributed by atoms with van der Waals surface area (Å²) in [6.07, 6.45) is 0. The molecule has 0 aliphatic carbocycles. The molecule has 0 fully saturated rings. The van der Waals surface area contributed by atoms with Crippen LogP contribution in [0.2, 0.25) is 0 Å². The lowest BCUT2D eigenvalue weighted by atomic mass is 10.1. The van der Waals surface area contributed by atoms with E-state index in [0.29, 0.717) is 0 Å². The van der Waals surface area contributed by atoms with Gasteiger partial charge in [-0.1, -0.05) is 6.58 Å². The molecule has 2 N–H and O–H groups in total. The van der Waals surface area contributed by atoms with Crippen LogP contribution in [0.4, 0.5) is 5.69 Å². The fourth-order valence-electron chi connectivity index (χ4n) is 0.981. The summed E-state index contributed by atoms with van der Waals surface area (Å²) in [7, 11) is 0. The maximum atomic E-state index is 10.5. The fourth-order valence-corrected chi connectivity index (χ4v) is 0.981. The molecule has 0 bridgehead atoms. The van der Waals surface area contributed by atoms with E-state index >= 15 is 0 Å². The molecule has 0 amide bonds. The van der Waals surface area contributed by atoms with Gasteiger partial charge in [0.25, 0.3) is 0 Å². The summed E-state index contributed by atoms with van der Waals surface area (Å²) in [6.45, 7) is 3.25. The molecule has 1 aromatic rings. The first-order valence-corrected chi connectivity index (χ1v) is 3.83. The lowest BCUT2D eigenvalue weighted by Gasteiger charge is -2.01. The van der Waals surface area contributed by atoms with Gasteiger partial charge >= 0.3 is 11.7 Å². The Bertz CT molecular complexity index is 452. The highest BCUT2D eigenvalue weighted by Gasteiger charge is 2.16. The second-order valence-electron chi connectivity index (χ2n) is 2.74. The fraction of sp³-hybridized carbons (Fsp3) is 0. The van der Waals surface area contributed by atoms with Gasteiger partial charge in [0.1, 0.15) is 0 Å². The van der Waals surface area contributed by atoms with Crippen LogP contribution in [-0.4, -0.2) is 21.1 Å². The van der Waals surface area contributed by atoms with Crippen molar-refractivity contribution < 1.29 is 19.9 Å². The molecular weight excluding hydrogens is 202 g/mol. The minimum atomic E-state index is -1.27. The number of hydrogen-bond acceptors (Lipinski definition) is 4. The molecule has 0 saturated carbocycles. The molecule has 0 atom stereocenters. The Kier molecular flexibility index (Phi) is 2.70. The Morgan fingerprint density at radius 3 is 2.53 bits per heavy atom. The van der Waals surface area contributed by atoms with Gasteiger partial charge in [-0.05, 0) is 17.7 Å². The van der Waals surface area contributed by atoms with Gasteiger partial charge in [0.15, 0.2) is 5.75 Å². The second-order valence-corrected chi connectivity index (χ2v) is 2.74. The summed E-state index contributed by atoms with van der Waals surface area (Å²) in [5, 5.41) is 28.1. The minimum Gasteiger partial charge on any atom is -0.502 e. The number of aromatic hydroxyl groups is 1. The van der Waals surface area contributed by atoms with E-state index < -0.39 is 22.3 Å². The van der Waals surface area contributed by atoms with Gasteiger partial charge in [-0.2, -0.15) is 0 Å². The van der Waals surface area contributed by atoms with Gasteiger partial charge in [0.05, 0.1) is 10.5 Å². The molecule has 0 heterocycles. The van der Waals surface area contributed by atoms with Crippen molar-refractivity contribution >= 4 is 17.2 Å². The maximum absolute atomic E-state index is 10.5. The van der Waals surface area contributed by atoms with Gasteiger partial charge in [0, 0.05) is 6.07 Å². The standard InChI is InChI=1S/C9H7NO5/c1-5(9(12)13)6-2-3-8(11)7(4-6)10(14)15/h2-4,11H,1H2,(H,12,13). The van der Waals surface area contributed by atoms with E-state index in [9.17, 15) is 14.9 Å². The lowest BCUT2D eigenvalue weighted by molar-refractivity contribution is -0.385. The van der Waals surface area contributed by atoms with E-state index in [1.807, 2.05) is 0 Å². The van der Waals surface area contributed by atoms with E-state index in [4.69, 9.17) is 10.2 Å². The van der Waals surface area contributed by atoms with Crippen LogP contribution in [0.1, 0.15) is 5.56 Å². The highest BCUT2D eigenvalue weighted by atomic mass is 16.6. The predicted octanol–water partition coefficient (Wildman–Crippen LogP) is 1.40. The quantitative estimate of drug-likeness (QED) is 0.445. The molecule has 1 aromatic carbocycles. The van der Waals surface area contributed by atoms with Crippen LogP contribution in [-0.2, 0) is 4.79 Å². The van der Waals surface area contributed by atoms with Crippen molar-refractivity contribution in [3.05, 3.63) is 40.5 Å². The van der Waals surface area contributed by atoms with Crippen molar-refractivity contribution in [1.29, 1.82) is 0 Å². The maximum Gasteiger partial charge on any atom is 0.335 e. The van der Waals surface area contributed by atoms with Crippen molar-refractivity contribution in [3.8, 4) is 5.75 Å². The van der Waals surface area contributed by atoms with Crippen LogP contribution >= 0.6 is 0 Å². The summed E-state index contributed by atoms with van der Waals surface area (Å²) in [5.74, 6) is -1.78. The van der Waals surface area contributed by atoms with E-state index in [1.54, 1.807) is 0 Å². The van der Waals surface area contributed by atoms with E-state index in [-0.39, 0.29) is 11.1 Å². The van der Waals surface area contributed by atoms with Crippen molar-refractivity contribution in [1.82, 2.24) is 0 Å². The van der Waals surface area contributed by atoms with Gasteiger partial charge in [0.2, 0.25) is 0 Å². The number of aliphatic carboxylic acids is 1. The lowest BCUT2D eigenvalue weighted by Crippen LogP contribution is -1.99. The van der Waals surface area contributed by atoms with Crippen molar-refractivity contribution in [3.63, 3.8) is 0 Å². The number of nitro groups is 1. The van der Waals surface area contributed by atoms with E-state index in [1.165, 1.54) is 6.07 Å². The number of phenols is 1. The van der Waals surface area contributed by atoms with E-state index in [0.717, 1.165) is 12.1 Å². The zero-order chi connectivity index (χ0) is 11.6. The molecule has 0 spiro atoms. The first kappa shape index (κ1) is 10.7. The Morgan fingerprint density at radius 2 is 2.07 bits per heavy atom. The summed E-state index contributed by atoms with van der Waals surface area (Å²) >= 11 is 0. The van der Waals surface area contributed by atoms with Crippen LogP contribution in [0.15, 0.2) is 24.8 Å². The average molecular weight is 209 g/mol. The molecule has 0 saturated heterocycles. The number of nitro benzene ring substituents is 1. The van der Waals surface area contributed by atoms with Gasteiger partial charge < -0.3 is 10.2 Å². The molecule has 0 unspecified atom stereocenters. The number of hydrogen-bond donors (Lipinski definition) is 2. The molecule has 6 nitrogen and oxygen atoms in total. The normalized spacial score (nSPS) is 9.60. The summed E-state index contributed by atoms with van der Waals surface area (Å²) in [6, 6.07) is 3.27. The third kappa shape index (κ3) is 2.11. The predicted molar refractivity (Wildman–Crippen MR) is 51.4 cm³/mol. The molecule has 0 aromatic heterocycles. The van der Waals surface area contributed by atoms with Crippen LogP contribution in [0.5, 0.6) is 5.75 Å². The second kappa shape index (κ2) is 3.79. The summed E-state index contributed by atoms with van der Waals surface area (Å²) < 4.78 is 0. The number of carboxylic acid groups (broad SMARTS) is 1. The third-order valence-electron chi connectivity index (χ3n) is 1.78. The number of carboxylic acids is 1. The van der Waals surface area contributed by atoms with Crippen LogP contribution < -0.4 is 0 Å². The van der Waals surface area contributed by atoms with Crippen LogP contribution in [0.3, 0.4) is 0 Å². The molecule has 15 heavy (non-hydrogen) atoms. The van der Waals surface area contributed by atoms with Crippen molar-refractivity contribution in [2.75, 3.05) is 0 Å². The first-order valence-electron chi connectivity index (χ1n) is 3.83. The monoisotopic (exact) mass is 209 g/mol. The Balaban J connectivity index is 3.25. The zero-order valence-corrected chi connectivity index (χ0v) is 7.51. The number of nitrogens with zero attached hydrogens (tertiary/aromatic N) is 1. The number of rotatable bonds is 3. The van der Waals surface area contributed by atoms with Crippen LogP contribution in [0, 0.1) is 10.1 Å². The van der Waals surface area contributed by atoms with Crippen molar-refractivity contribution in [2.45, 2.75) is 0 Å². The first-order chi connectivity index (χ1) is 6.93. The van der Waals surface area contributed by atoms with E-state index in [2.05, 4.69) is 6.58 Å². The number of carbonyl (C=O) groups is 1. The highest BCUT2D eigenvalue weighted by molar-refractivity contribution is 6.14. The minimum absolute atomic E-state index is 0.0898. The Morgan fingerprint density at radius 1 is 1.47 bits per heavy atom. The molecule has 1 rings (SSSR count). The molecule has 6 heteroatoms.